The number of rotatable bonds is 2. The Bertz CT molecular complexity index is 552. The van der Waals surface area contributed by atoms with Crippen molar-refractivity contribution in [2.45, 2.75) is 0 Å². The predicted molar refractivity (Wildman–Crippen MR) is 73.5 cm³/mol. The van der Waals surface area contributed by atoms with Crippen molar-refractivity contribution < 1.29 is 4.74 Å². The van der Waals surface area contributed by atoms with Gasteiger partial charge in [-0.3, -0.25) is 0 Å². The molecule has 88 valence electrons. The van der Waals surface area contributed by atoms with Gasteiger partial charge in [0.25, 0.3) is 0 Å². The summed E-state index contributed by atoms with van der Waals surface area (Å²) in [5.74, 6) is 0.668. The number of halogens is 3. The van der Waals surface area contributed by atoms with Gasteiger partial charge in [-0.1, -0.05) is 40.9 Å². The predicted octanol–water partition coefficient (Wildman–Crippen LogP) is 5.32. The van der Waals surface area contributed by atoms with Crippen LogP contribution in [0.25, 0.3) is 11.1 Å². The van der Waals surface area contributed by atoms with Crippen LogP contribution < -0.4 is 4.74 Å². The molecule has 1 nitrogen and oxygen atoms in total. The summed E-state index contributed by atoms with van der Waals surface area (Å²) in [6, 6.07) is 10.7. The fraction of sp³-hybridized carbons (Fsp3) is 0.0769. The minimum Gasteiger partial charge on any atom is -0.496 e. The molecule has 2 rings (SSSR count). The van der Waals surface area contributed by atoms with Crippen molar-refractivity contribution in [3.05, 3.63) is 51.5 Å². The Labute approximate surface area is 115 Å². The van der Waals surface area contributed by atoms with E-state index in [1.807, 2.05) is 12.1 Å². The second-order valence-electron chi connectivity index (χ2n) is 3.44. The molecular formula is C13H9Cl3O. The minimum atomic E-state index is 0.577. The molecule has 0 aromatic heterocycles. The first-order valence-electron chi connectivity index (χ1n) is 4.91. The van der Waals surface area contributed by atoms with Gasteiger partial charge in [0.05, 0.1) is 12.1 Å². The second-order valence-corrected chi connectivity index (χ2v) is 4.69. The molecular weight excluding hydrogens is 279 g/mol. The van der Waals surface area contributed by atoms with Crippen molar-refractivity contribution in [3.8, 4) is 16.9 Å². The summed E-state index contributed by atoms with van der Waals surface area (Å²) in [7, 11) is 1.59. The van der Waals surface area contributed by atoms with Gasteiger partial charge in [0.2, 0.25) is 0 Å². The Balaban J connectivity index is 2.71. The lowest BCUT2D eigenvalue weighted by atomic mass is 10.0. The van der Waals surface area contributed by atoms with Crippen LogP contribution in [-0.4, -0.2) is 7.11 Å². The molecule has 0 aliphatic heterocycles. The lowest BCUT2D eigenvalue weighted by molar-refractivity contribution is 0.416. The Morgan fingerprint density at radius 2 is 1.71 bits per heavy atom. The van der Waals surface area contributed by atoms with Gasteiger partial charge in [0.1, 0.15) is 5.75 Å². The van der Waals surface area contributed by atoms with Crippen LogP contribution in [0.2, 0.25) is 15.1 Å². The molecule has 0 radical (unpaired) electrons. The summed E-state index contributed by atoms with van der Waals surface area (Å²) in [5, 5.41) is 1.76. The van der Waals surface area contributed by atoms with Crippen molar-refractivity contribution in [1.29, 1.82) is 0 Å². The molecule has 0 saturated carbocycles. The molecule has 0 fully saturated rings. The van der Waals surface area contributed by atoms with Gasteiger partial charge in [0, 0.05) is 21.2 Å². The van der Waals surface area contributed by atoms with Crippen LogP contribution in [0.5, 0.6) is 5.75 Å². The fourth-order valence-electron chi connectivity index (χ4n) is 1.62. The summed E-state index contributed by atoms with van der Waals surface area (Å²) in [6.07, 6.45) is 0. The average molecular weight is 288 g/mol. The third kappa shape index (κ3) is 2.52. The van der Waals surface area contributed by atoms with E-state index in [0.717, 1.165) is 11.1 Å². The molecule has 0 bridgehead atoms. The maximum Gasteiger partial charge on any atom is 0.128 e. The van der Waals surface area contributed by atoms with E-state index in [-0.39, 0.29) is 0 Å². The summed E-state index contributed by atoms with van der Waals surface area (Å²) < 4.78 is 5.29. The monoisotopic (exact) mass is 286 g/mol. The van der Waals surface area contributed by atoms with Crippen LogP contribution in [0.15, 0.2) is 36.4 Å². The zero-order chi connectivity index (χ0) is 12.4. The molecule has 4 heteroatoms. The molecule has 0 unspecified atom stereocenters. The van der Waals surface area contributed by atoms with E-state index in [0.29, 0.717) is 20.8 Å². The third-order valence-electron chi connectivity index (χ3n) is 2.39. The SMILES string of the molecule is COc1cccc(Cl)c1-c1cc(Cl)ccc1Cl. The average Bonchev–Trinajstić information content (AvgIpc) is 2.32. The molecule has 17 heavy (non-hydrogen) atoms. The summed E-state index contributed by atoms with van der Waals surface area (Å²) in [4.78, 5) is 0. The Morgan fingerprint density at radius 1 is 0.941 bits per heavy atom. The van der Waals surface area contributed by atoms with Crippen molar-refractivity contribution in [2.75, 3.05) is 7.11 Å². The third-order valence-corrected chi connectivity index (χ3v) is 3.27. The number of hydrogen-bond donors (Lipinski definition) is 0. The Kier molecular flexibility index (Phi) is 3.82. The smallest absolute Gasteiger partial charge is 0.128 e. The number of methoxy groups -OCH3 is 1. The van der Waals surface area contributed by atoms with E-state index in [1.54, 1.807) is 31.4 Å². The Hall–Kier alpha value is -0.890. The van der Waals surface area contributed by atoms with Crippen molar-refractivity contribution >= 4 is 34.8 Å². The molecule has 0 atom stereocenters. The maximum atomic E-state index is 6.19. The van der Waals surface area contributed by atoms with Gasteiger partial charge < -0.3 is 4.74 Å². The normalized spacial score (nSPS) is 10.4. The van der Waals surface area contributed by atoms with E-state index < -0.39 is 0 Å². The fourth-order valence-corrected chi connectivity index (χ4v) is 2.28. The summed E-state index contributed by atoms with van der Waals surface area (Å²) in [5.41, 5.74) is 1.52. The molecule has 0 aliphatic carbocycles. The van der Waals surface area contributed by atoms with Crippen LogP contribution >= 0.6 is 34.8 Å². The quantitative estimate of drug-likeness (QED) is 0.726. The number of ether oxygens (including phenoxy) is 1. The minimum absolute atomic E-state index is 0.577. The highest BCUT2D eigenvalue weighted by molar-refractivity contribution is 6.38. The number of benzene rings is 2. The summed E-state index contributed by atoms with van der Waals surface area (Å²) >= 11 is 18.3. The molecule has 0 N–H and O–H groups in total. The van der Waals surface area contributed by atoms with E-state index in [9.17, 15) is 0 Å². The Morgan fingerprint density at radius 3 is 2.41 bits per heavy atom. The van der Waals surface area contributed by atoms with Gasteiger partial charge in [-0.25, -0.2) is 0 Å². The molecule has 0 heterocycles. The molecule has 0 spiro atoms. The van der Waals surface area contributed by atoms with Gasteiger partial charge in [-0.15, -0.1) is 0 Å². The largest absolute Gasteiger partial charge is 0.496 e. The molecule has 2 aromatic rings. The van der Waals surface area contributed by atoms with E-state index in [4.69, 9.17) is 39.5 Å². The van der Waals surface area contributed by atoms with Crippen LogP contribution in [0.4, 0.5) is 0 Å². The highest BCUT2D eigenvalue weighted by Crippen LogP contribution is 2.40. The lowest BCUT2D eigenvalue weighted by Gasteiger charge is -2.12. The second kappa shape index (κ2) is 5.18. The van der Waals surface area contributed by atoms with Crippen molar-refractivity contribution in [1.82, 2.24) is 0 Å². The molecule has 0 aliphatic rings. The zero-order valence-corrected chi connectivity index (χ0v) is 11.3. The van der Waals surface area contributed by atoms with Crippen LogP contribution in [0.3, 0.4) is 0 Å². The molecule has 0 amide bonds. The van der Waals surface area contributed by atoms with Gasteiger partial charge in [0.15, 0.2) is 0 Å². The van der Waals surface area contributed by atoms with Gasteiger partial charge in [-0.2, -0.15) is 0 Å². The van der Waals surface area contributed by atoms with Gasteiger partial charge in [-0.05, 0) is 30.3 Å². The first-order valence-corrected chi connectivity index (χ1v) is 6.05. The topological polar surface area (TPSA) is 9.23 Å². The van der Waals surface area contributed by atoms with Gasteiger partial charge >= 0.3 is 0 Å². The highest BCUT2D eigenvalue weighted by Gasteiger charge is 2.13. The molecule has 0 saturated heterocycles. The van der Waals surface area contributed by atoms with Crippen molar-refractivity contribution in [2.24, 2.45) is 0 Å². The van der Waals surface area contributed by atoms with Crippen LogP contribution in [-0.2, 0) is 0 Å². The van der Waals surface area contributed by atoms with E-state index in [2.05, 4.69) is 0 Å². The summed E-state index contributed by atoms with van der Waals surface area (Å²) in [6.45, 7) is 0. The van der Waals surface area contributed by atoms with Crippen LogP contribution in [0, 0.1) is 0 Å². The first kappa shape index (κ1) is 12.6. The maximum absolute atomic E-state index is 6.19. The zero-order valence-electron chi connectivity index (χ0n) is 9.01. The lowest BCUT2D eigenvalue weighted by Crippen LogP contribution is -1.89. The van der Waals surface area contributed by atoms with E-state index >= 15 is 0 Å². The first-order chi connectivity index (χ1) is 8.13. The van der Waals surface area contributed by atoms with Crippen molar-refractivity contribution in [3.63, 3.8) is 0 Å². The van der Waals surface area contributed by atoms with E-state index in [1.165, 1.54) is 0 Å². The number of hydrogen-bond acceptors (Lipinski definition) is 1. The van der Waals surface area contributed by atoms with Crippen LogP contribution in [0.1, 0.15) is 0 Å². The highest BCUT2D eigenvalue weighted by atomic mass is 35.5. The standard InChI is InChI=1S/C13H9Cl3O/c1-17-12-4-2-3-11(16)13(12)9-7-8(14)5-6-10(9)15/h2-7H,1H3. The molecule has 2 aromatic carbocycles.